The average Bonchev–Trinajstić information content (AvgIpc) is 1.58. The van der Waals surface area contributed by atoms with Crippen LogP contribution in [0.1, 0.15) is 49.9 Å². The lowest BCUT2D eigenvalue weighted by atomic mass is 9.81. The van der Waals surface area contributed by atoms with Crippen LogP contribution in [0.5, 0.6) is 0 Å². The zero-order valence-corrected chi connectivity index (χ0v) is 65.0. The molecular weight excluding hydrogens is 1410 g/mol. The second-order valence-electron chi connectivity index (χ2n) is 31.9. The topological polar surface area (TPSA) is 32.8 Å². The third-order valence-corrected chi connectivity index (χ3v) is 24.4. The molecule has 0 spiro atoms. The van der Waals surface area contributed by atoms with Crippen molar-refractivity contribution in [2.24, 2.45) is 0 Å². The van der Waals surface area contributed by atoms with Gasteiger partial charge < -0.3 is 18.6 Å². The van der Waals surface area contributed by atoms with E-state index in [1.54, 1.807) is 0 Å². The van der Waals surface area contributed by atoms with Gasteiger partial charge in [-0.25, -0.2) is 0 Å². The molecular formula is C112H80N2O2. The number of furan rings is 2. The lowest BCUT2D eigenvalue weighted by molar-refractivity contribution is 0.660. The Balaban J connectivity index is 0.000000145. The number of benzene rings is 18. The van der Waals surface area contributed by atoms with Crippen molar-refractivity contribution in [3.63, 3.8) is 0 Å². The Kier molecular flexibility index (Phi) is 16.9. The van der Waals surface area contributed by atoms with Gasteiger partial charge in [0.2, 0.25) is 0 Å². The first-order valence-electron chi connectivity index (χ1n) is 40.2. The standard InChI is InChI=1S/C57H41NO.C55H39NO/c1-57(2)53-36-44(39-14-7-4-8-15-39)28-34-49(53)50-35-33-47(37-54(50)57)58(45-29-24-42(25-30-45)41-22-20-40(21-23-41)38-12-5-3-6-13-38)46-31-26-43(27-32-46)48-17-11-18-52-51-16-9-10-19-55(51)59-56(48)52;1-55(2)51-34-42(36-11-4-3-5-12-36)25-31-47(51)48-32-30-45(35-52(48)55)56(43-26-21-38(22-27-43)41-20-19-37-13-6-7-14-40(37)33-41)44-28-23-39(24-29-44)46-16-10-17-50-49-15-8-9-18-53(49)57-54(46)50/h3-37H,1-2H3;3-35H,1-2H3. The van der Waals surface area contributed by atoms with Gasteiger partial charge in [-0.1, -0.05) is 337 Å². The van der Waals surface area contributed by atoms with E-state index in [2.05, 4.69) is 426 Å². The molecule has 0 saturated carbocycles. The summed E-state index contributed by atoms with van der Waals surface area (Å²) in [6.45, 7) is 9.47. The van der Waals surface area contributed by atoms with Crippen molar-refractivity contribution < 1.29 is 8.83 Å². The number of rotatable bonds is 13. The Bertz CT molecular complexity index is 7140. The third-order valence-electron chi connectivity index (χ3n) is 24.4. The van der Waals surface area contributed by atoms with Crippen LogP contribution >= 0.6 is 0 Å². The van der Waals surface area contributed by atoms with Gasteiger partial charge in [0.05, 0.1) is 0 Å². The molecule has 0 N–H and O–H groups in total. The summed E-state index contributed by atoms with van der Waals surface area (Å²) in [7, 11) is 0. The lowest BCUT2D eigenvalue weighted by Gasteiger charge is -2.28. The van der Waals surface area contributed by atoms with E-state index in [1.807, 2.05) is 24.3 Å². The first kappa shape index (κ1) is 69.4. The van der Waals surface area contributed by atoms with E-state index in [9.17, 15) is 0 Å². The van der Waals surface area contributed by atoms with Gasteiger partial charge in [0, 0.05) is 77.6 Å². The minimum atomic E-state index is -0.179. The van der Waals surface area contributed by atoms with Gasteiger partial charge in [-0.2, -0.15) is 0 Å². The summed E-state index contributed by atoms with van der Waals surface area (Å²) >= 11 is 0. The molecule has 116 heavy (non-hydrogen) atoms. The second kappa shape index (κ2) is 28.3. The predicted molar refractivity (Wildman–Crippen MR) is 487 cm³/mol. The summed E-state index contributed by atoms with van der Waals surface area (Å²) in [5.74, 6) is 0. The van der Waals surface area contributed by atoms with Crippen LogP contribution < -0.4 is 9.80 Å². The average molecular weight is 1490 g/mol. The van der Waals surface area contributed by atoms with Crippen molar-refractivity contribution >= 4 is 88.8 Å². The Morgan fingerprint density at radius 2 is 0.457 bits per heavy atom. The molecule has 22 rings (SSSR count). The smallest absolute Gasteiger partial charge is 0.143 e. The van der Waals surface area contributed by atoms with E-state index in [-0.39, 0.29) is 10.8 Å². The monoisotopic (exact) mass is 1480 g/mol. The Morgan fingerprint density at radius 1 is 0.181 bits per heavy atom. The molecule has 0 fully saturated rings. The zero-order valence-electron chi connectivity index (χ0n) is 65.0. The Hall–Kier alpha value is -14.6. The molecule has 4 nitrogen and oxygen atoms in total. The SMILES string of the molecule is CC1(C)c2cc(-c3ccccc3)ccc2-c2ccc(N(c3ccc(-c4ccc(-c5ccccc5)cc4)cc3)c3ccc(-c4cccc5c4oc4ccccc45)cc3)cc21.CC1(C)c2cc(-c3ccccc3)ccc2-c2ccc(N(c3ccc(-c4ccc5ccccc5c4)cc3)c3ccc(-c4cccc5c4oc4ccccc45)cc3)cc21. The number of hydrogen-bond donors (Lipinski definition) is 0. The lowest BCUT2D eigenvalue weighted by Crippen LogP contribution is -2.16. The molecule has 0 radical (unpaired) electrons. The molecule has 2 aromatic heterocycles. The number of hydrogen-bond acceptors (Lipinski definition) is 4. The van der Waals surface area contributed by atoms with Crippen LogP contribution in [-0.4, -0.2) is 0 Å². The normalized spacial score (nSPS) is 12.8. The van der Waals surface area contributed by atoms with Crippen molar-refractivity contribution in [1.82, 2.24) is 0 Å². The van der Waals surface area contributed by atoms with Gasteiger partial charge in [-0.3, -0.25) is 0 Å². The van der Waals surface area contributed by atoms with Gasteiger partial charge in [-0.15, -0.1) is 0 Å². The van der Waals surface area contributed by atoms with Gasteiger partial charge in [-0.05, 0) is 225 Å². The van der Waals surface area contributed by atoms with Crippen LogP contribution in [0.4, 0.5) is 34.1 Å². The zero-order chi connectivity index (χ0) is 77.6. The fourth-order valence-electron chi connectivity index (χ4n) is 18.2. The van der Waals surface area contributed by atoms with Crippen LogP contribution in [0.3, 0.4) is 0 Å². The highest BCUT2D eigenvalue weighted by Gasteiger charge is 2.38. The molecule has 0 aliphatic heterocycles. The summed E-state index contributed by atoms with van der Waals surface area (Å²) in [5, 5.41) is 7.05. The molecule has 0 saturated heterocycles. The molecule has 550 valence electrons. The molecule has 2 aliphatic rings. The van der Waals surface area contributed by atoms with Crippen molar-refractivity contribution in [3.05, 3.63) is 435 Å². The maximum atomic E-state index is 6.44. The molecule has 2 aliphatic carbocycles. The molecule has 0 amide bonds. The summed E-state index contributed by atoms with van der Waals surface area (Å²) in [5.41, 5.74) is 37.2. The largest absolute Gasteiger partial charge is 0.455 e. The van der Waals surface area contributed by atoms with Crippen LogP contribution in [0, 0.1) is 0 Å². The van der Waals surface area contributed by atoms with E-state index in [0.29, 0.717) is 0 Å². The highest BCUT2D eigenvalue weighted by atomic mass is 16.3. The molecule has 0 bridgehead atoms. The molecule has 4 heteroatoms. The number of para-hydroxylation sites is 4. The van der Waals surface area contributed by atoms with Gasteiger partial charge in [0.15, 0.2) is 0 Å². The number of nitrogens with zero attached hydrogens (tertiary/aromatic N) is 2. The third kappa shape index (κ3) is 12.2. The molecule has 2 heterocycles. The van der Waals surface area contributed by atoms with E-state index < -0.39 is 0 Å². The van der Waals surface area contributed by atoms with E-state index in [4.69, 9.17) is 8.83 Å². The number of anilines is 6. The molecule has 0 unspecified atom stereocenters. The fraction of sp³-hybridized carbons (Fsp3) is 0.0536. The van der Waals surface area contributed by atoms with E-state index in [0.717, 1.165) is 100 Å². The van der Waals surface area contributed by atoms with Crippen molar-refractivity contribution in [1.29, 1.82) is 0 Å². The summed E-state index contributed by atoms with van der Waals surface area (Å²) in [6, 6.07) is 149. The summed E-state index contributed by atoms with van der Waals surface area (Å²) < 4.78 is 12.9. The highest BCUT2D eigenvalue weighted by Crippen LogP contribution is 2.55. The maximum Gasteiger partial charge on any atom is 0.143 e. The van der Waals surface area contributed by atoms with Gasteiger partial charge in [0.25, 0.3) is 0 Å². The van der Waals surface area contributed by atoms with Gasteiger partial charge in [0.1, 0.15) is 22.3 Å². The van der Waals surface area contributed by atoms with Crippen LogP contribution in [0.15, 0.2) is 421 Å². The Labute approximate surface area is 676 Å². The summed E-state index contributed by atoms with van der Waals surface area (Å²) in [4.78, 5) is 4.78. The van der Waals surface area contributed by atoms with E-state index in [1.165, 1.54) is 111 Å². The number of fused-ring (bicyclic) bond motifs is 13. The summed E-state index contributed by atoms with van der Waals surface area (Å²) in [6.07, 6.45) is 0. The van der Waals surface area contributed by atoms with Crippen molar-refractivity contribution in [2.75, 3.05) is 9.80 Å². The highest BCUT2D eigenvalue weighted by molar-refractivity contribution is 6.11. The first-order chi connectivity index (χ1) is 57.0. The van der Waals surface area contributed by atoms with Crippen molar-refractivity contribution in [2.45, 2.75) is 38.5 Å². The minimum absolute atomic E-state index is 0.174. The van der Waals surface area contributed by atoms with Crippen LogP contribution in [-0.2, 0) is 10.8 Å². The second-order valence-corrected chi connectivity index (χ2v) is 31.9. The molecule has 18 aromatic carbocycles. The fourth-order valence-corrected chi connectivity index (χ4v) is 18.2. The minimum Gasteiger partial charge on any atom is -0.455 e. The Morgan fingerprint density at radius 3 is 0.871 bits per heavy atom. The quantitative estimate of drug-likeness (QED) is 0.115. The predicted octanol–water partition coefficient (Wildman–Crippen LogP) is 31.5. The van der Waals surface area contributed by atoms with Gasteiger partial charge >= 0.3 is 0 Å². The van der Waals surface area contributed by atoms with Crippen molar-refractivity contribution in [3.8, 4) is 100 Å². The van der Waals surface area contributed by atoms with Crippen LogP contribution in [0.25, 0.3) is 155 Å². The maximum absolute atomic E-state index is 6.44. The molecule has 20 aromatic rings. The first-order valence-corrected chi connectivity index (χ1v) is 40.2. The molecule has 0 atom stereocenters. The van der Waals surface area contributed by atoms with Crippen LogP contribution in [0.2, 0.25) is 0 Å². The van der Waals surface area contributed by atoms with E-state index >= 15 is 0 Å².